The molecule has 0 aliphatic carbocycles. The molecule has 0 unspecified atom stereocenters. The molecule has 0 aliphatic rings. The minimum atomic E-state index is -0.0165. The molecule has 2 nitrogen and oxygen atoms in total. The monoisotopic (exact) mass is 279 g/mol. The summed E-state index contributed by atoms with van der Waals surface area (Å²) < 4.78 is 0. The fraction of sp³-hybridized carbons (Fsp3) is 0.0588. The van der Waals surface area contributed by atoms with Gasteiger partial charge < -0.3 is 0 Å². The van der Waals surface area contributed by atoms with E-state index < -0.39 is 0 Å². The fourth-order valence-electron chi connectivity index (χ4n) is 2.15. The summed E-state index contributed by atoms with van der Waals surface area (Å²) in [6.45, 7) is 2.06. The van der Waals surface area contributed by atoms with E-state index in [1.54, 1.807) is 6.20 Å². The van der Waals surface area contributed by atoms with Crippen molar-refractivity contribution in [1.29, 1.82) is 0 Å². The van der Waals surface area contributed by atoms with Crippen molar-refractivity contribution in [3.8, 4) is 11.1 Å². The second-order valence-corrected chi connectivity index (χ2v) is 5.46. The third-order valence-corrected chi connectivity index (χ3v) is 3.98. The Morgan fingerprint density at radius 1 is 1.10 bits per heavy atom. The highest BCUT2D eigenvalue weighted by atomic mass is 32.1. The summed E-state index contributed by atoms with van der Waals surface area (Å²) >= 11 is 1.37. The first-order valence-corrected chi connectivity index (χ1v) is 7.24. The number of hydrogen-bond donors (Lipinski definition) is 0. The van der Waals surface area contributed by atoms with Gasteiger partial charge in [-0.3, -0.25) is 4.79 Å². The van der Waals surface area contributed by atoms with Crippen molar-refractivity contribution < 1.29 is 4.79 Å². The molecule has 3 rings (SSSR count). The summed E-state index contributed by atoms with van der Waals surface area (Å²) in [4.78, 5) is 16.4. The molecule has 1 aromatic heterocycles. The minimum absolute atomic E-state index is 0.0165. The van der Waals surface area contributed by atoms with Gasteiger partial charge in [-0.25, -0.2) is 4.98 Å². The van der Waals surface area contributed by atoms with E-state index in [1.807, 2.05) is 41.8 Å². The Hall–Kier alpha value is -2.26. The van der Waals surface area contributed by atoms with Crippen molar-refractivity contribution in [3.05, 3.63) is 76.2 Å². The van der Waals surface area contributed by atoms with E-state index in [0.29, 0.717) is 10.6 Å². The average molecular weight is 279 g/mol. The van der Waals surface area contributed by atoms with E-state index in [-0.39, 0.29) is 5.78 Å². The summed E-state index contributed by atoms with van der Waals surface area (Å²) in [7, 11) is 0. The van der Waals surface area contributed by atoms with Gasteiger partial charge in [-0.15, -0.1) is 11.3 Å². The van der Waals surface area contributed by atoms with Gasteiger partial charge in [0.25, 0.3) is 0 Å². The number of aryl methyl sites for hydroxylation is 1. The first kappa shape index (κ1) is 12.8. The van der Waals surface area contributed by atoms with E-state index in [0.717, 1.165) is 16.7 Å². The summed E-state index contributed by atoms with van der Waals surface area (Å²) in [6, 6.07) is 15.9. The number of thiazole rings is 1. The van der Waals surface area contributed by atoms with Gasteiger partial charge in [-0.05, 0) is 29.7 Å². The third-order valence-electron chi connectivity index (χ3n) is 3.21. The Bertz CT molecular complexity index is 733. The van der Waals surface area contributed by atoms with Gasteiger partial charge in [0.15, 0.2) is 5.01 Å². The molecule has 20 heavy (non-hydrogen) atoms. The van der Waals surface area contributed by atoms with Crippen molar-refractivity contribution >= 4 is 17.1 Å². The molecule has 0 bridgehead atoms. The number of aromatic nitrogens is 1. The molecule has 3 heteroatoms. The zero-order chi connectivity index (χ0) is 13.9. The molecule has 0 amide bonds. The molecule has 0 radical (unpaired) electrons. The van der Waals surface area contributed by atoms with E-state index in [2.05, 4.69) is 24.0 Å². The van der Waals surface area contributed by atoms with Crippen LogP contribution in [0.1, 0.15) is 20.9 Å². The van der Waals surface area contributed by atoms with Gasteiger partial charge in [0.1, 0.15) is 0 Å². The molecule has 0 spiro atoms. The lowest BCUT2D eigenvalue weighted by Gasteiger charge is -2.08. The first-order valence-electron chi connectivity index (χ1n) is 6.36. The summed E-state index contributed by atoms with van der Waals surface area (Å²) in [6.07, 6.45) is 1.66. The number of ketones is 1. The van der Waals surface area contributed by atoms with Gasteiger partial charge in [0.2, 0.25) is 5.78 Å². The smallest absolute Gasteiger partial charge is 0.221 e. The molecule has 98 valence electrons. The maximum atomic E-state index is 12.4. The Balaban J connectivity index is 2.05. The second kappa shape index (κ2) is 5.39. The number of rotatable bonds is 3. The van der Waals surface area contributed by atoms with Crippen LogP contribution in [0.25, 0.3) is 11.1 Å². The van der Waals surface area contributed by atoms with Crippen LogP contribution in [0.4, 0.5) is 0 Å². The molecule has 0 N–H and O–H groups in total. The van der Waals surface area contributed by atoms with Gasteiger partial charge in [-0.1, -0.05) is 42.5 Å². The average Bonchev–Trinajstić information content (AvgIpc) is 3.02. The molecule has 0 saturated heterocycles. The molecule has 0 aliphatic heterocycles. The summed E-state index contributed by atoms with van der Waals surface area (Å²) in [5.41, 5.74) is 4.06. The molecular weight excluding hydrogens is 266 g/mol. The van der Waals surface area contributed by atoms with E-state index in [4.69, 9.17) is 0 Å². The van der Waals surface area contributed by atoms with Gasteiger partial charge in [0.05, 0.1) is 0 Å². The maximum absolute atomic E-state index is 12.4. The largest absolute Gasteiger partial charge is 0.286 e. The highest BCUT2D eigenvalue weighted by Gasteiger charge is 2.13. The Kier molecular flexibility index (Phi) is 3.44. The predicted molar refractivity (Wildman–Crippen MR) is 82.2 cm³/mol. The Morgan fingerprint density at radius 2 is 1.90 bits per heavy atom. The SMILES string of the molecule is Cc1ccc(C(=O)c2nccs2)cc1-c1ccccc1. The van der Waals surface area contributed by atoms with Crippen molar-refractivity contribution in [1.82, 2.24) is 4.98 Å². The molecule has 3 aromatic rings. The van der Waals surface area contributed by atoms with Crippen molar-refractivity contribution in [2.45, 2.75) is 6.92 Å². The van der Waals surface area contributed by atoms with Crippen LogP contribution in [0.15, 0.2) is 60.1 Å². The van der Waals surface area contributed by atoms with Crippen molar-refractivity contribution in [3.63, 3.8) is 0 Å². The number of hydrogen-bond acceptors (Lipinski definition) is 3. The molecular formula is C17H13NOS. The number of nitrogens with zero attached hydrogens (tertiary/aromatic N) is 1. The number of carbonyl (C=O) groups excluding carboxylic acids is 1. The highest BCUT2D eigenvalue weighted by molar-refractivity contribution is 7.11. The van der Waals surface area contributed by atoms with Gasteiger partial charge >= 0.3 is 0 Å². The van der Waals surface area contributed by atoms with Crippen LogP contribution in [-0.4, -0.2) is 10.8 Å². The van der Waals surface area contributed by atoms with Crippen LogP contribution < -0.4 is 0 Å². The zero-order valence-corrected chi connectivity index (χ0v) is 11.9. The lowest BCUT2D eigenvalue weighted by Crippen LogP contribution is -2.01. The van der Waals surface area contributed by atoms with Crippen LogP contribution in [0.5, 0.6) is 0 Å². The topological polar surface area (TPSA) is 30.0 Å². The minimum Gasteiger partial charge on any atom is -0.286 e. The standard InChI is InChI=1S/C17H13NOS/c1-12-7-8-14(16(19)17-18-9-10-20-17)11-15(12)13-5-3-2-4-6-13/h2-11H,1H3. The van der Waals surface area contributed by atoms with E-state index in [1.165, 1.54) is 11.3 Å². The molecule has 0 fully saturated rings. The van der Waals surface area contributed by atoms with Crippen LogP contribution in [0.2, 0.25) is 0 Å². The highest BCUT2D eigenvalue weighted by Crippen LogP contribution is 2.25. The molecule has 0 saturated carbocycles. The van der Waals surface area contributed by atoms with Crippen LogP contribution in [0, 0.1) is 6.92 Å². The third kappa shape index (κ3) is 2.40. The summed E-state index contributed by atoms with van der Waals surface area (Å²) in [5, 5.41) is 2.35. The fourth-order valence-corrected chi connectivity index (χ4v) is 2.75. The van der Waals surface area contributed by atoms with Crippen LogP contribution in [0.3, 0.4) is 0 Å². The maximum Gasteiger partial charge on any atom is 0.221 e. The zero-order valence-electron chi connectivity index (χ0n) is 11.0. The van der Waals surface area contributed by atoms with Crippen LogP contribution in [-0.2, 0) is 0 Å². The normalized spacial score (nSPS) is 10.4. The van der Waals surface area contributed by atoms with E-state index >= 15 is 0 Å². The van der Waals surface area contributed by atoms with Crippen molar-refractivity contribution in [2.75, 3.05) is 0 Å². The number of carbonyl (C=O) groups is 1. The molecule has 1 heterocycles. The lowest BCUT2D eigenvalue weighted by molar-refractivity contribution is 0.103. The Morgan fingerprint density at radius 3 is 2.60 bits per heavy atom. The Labute approximate surface area is 121 Å². The second-order valence-electron chi connectivity index (χ2n) is 4.56. The van der Waals surface area contributed by atoms with Crippen molar-refractivity contribution in [2.24, 2.45) is 0 Å². The van der Waals surface area contributed by atoms with E-state index in [9.17, 15) is 4.79 Å². The van der Waals surface area contributed by atoms with Gasteiger partial charge in [0, 0.05) is 17.1 Å². The quantitative estimate of drug-likeness (QED) is 0.667. The molecule has 0 atom stereocenters. The van der Waals surface area contributed by atoms with Gasteiger partial charge in [-0.2, -0.15) is 0 Å². The number of benzene rings is 2. The predicted octanol–water partition coefficient (Wildman–Crippen LogP) is 4.35. The van der Waals surface area contributed by atoms with Crippen LogP contribution >= 0.6 is 11.3 Å². The summed E-state index contributed by atoms with van der Waals surface area (Å²) in [5.74, 6) is -0.0165. The first-order chi connectivity index (χ1) is 9.75. The molecule has 2 aromatic carbocycles. The lowest BCUT2D eigenvalue weighted by atomic mass is 9.97.